The number of carbonyl (C=O) groups excluding carboxylic acids is 1. The van der Waals surface area contributed by atoms with E-state index in [-0.39, 0.29) is 5.91 Å². The van der Waals surface area contributed by atoms with Crippen molar-refractivity contribution in [3.63, 3.8) is 0 Å². The Hall–Kier alpha value is -0.570. The summed E-state index contributed by atoms with van der Waals surface area (Å²) in [6, 6.07) is 0. The Morgan fingerprint density at radius 3 is 2.27 bits per heavy atom. The minimum absolute atomic E-state index is 0.267. The highest BCUT2D eigenvalue weighted by molar-refractivity contribution is 5.83. The van der Waals surface area contributed by atoms with Crippen molar-refractivity contribution in [3.8, 4) is 0 Å². The summed E-state index contributed by atoms with van der Waals surface area (Å²) < 4.78 is 0. The summed E-state index contributed by atoms with van der Waals surface area (Å²) in [7, 11) is 0. The molecular weight excluding hydrogens is 188 g/mol. The van der Waals surface area contributed by atoms with E-state index in [1.54, 1.807) is 0 Å². The average Bonchev–Trinajstić information content (AvgIpc) is 2.42. The third-order valence-electron chi connectivity index (χ3n) is 3.42. The molecule has 1 aliphatic rings. The van der Waals surface area contributed by atoms with Gasteiger partial charge in [-0.1, -0.05) is 25.7 Å². The van der Waals surface area contributed by atoms with E-state index in [9.17, 15) is 4.79 Å². The molecule has 3 N–H and O–H groups in total. The zero-order valence-corrected chi connectivity index (χ0v) is 10.0. The van der Waals surface area contributed by atoms with Crippen molar-refractivity contribution < 1.29 is 4.79 Å². The molecule has 0 aromatic rings. The summed E-state index contributed by atoms with van der Waals surface area (Å²) in [6.45, 7) is 4.63. The highest BCUT2D eigenvalue weighted by atomic mass is 16.1. The molecule has 1 aliphatic carbocycles. The van der Waals surface area contributed by atoms with Gasteiger partial charge in [-0.2, -0.15) is 0 Å². The van der Waals surface area contributed by atoms with E-state index < -0.39 is 5.54 Å². The lowest BCUT2D eigenvalue weighted by Gasteiger charge is -2.25. The number of rotatable bonds is 4. The Morgan fingerprint density at radius 1 is 1.27 bits per heavy atom. The van der Waals surface area contributed by atoms with Gasteiger partial charge in [0.1, 0.15) is 0 Å². The van der Waals surface area contributed by atoms with Crippen LogP contribution < -0.4 is 11.1 Å². The van der Waals surface area contributed by atoms with Crippen LogP contribution in [-0.4, -0.2) is 18.0 Å². The molecule has 0 aliphatic heterocycles. The maximum atomic E-state index is 11.1. The van der Waals surface area contributed by atoms with Crippen LogP contribution >= 0.6 is 0 Å². The van der Waals surface area contributed by atoms with Crippen LogP contribution in [0.25, 0.3) is 0 Å². The van der Waals surface area contributed by atoms with Crippen LogP contribution in [-0.2, 0) is 4.79 Å². The Balaban J connectivity index is 2.31. The van der Waals surface area contributed by atoms with Crippen LogP contribution in [0.3, 0.4) is 0 Å². The van der Waals surface area contributed by atoms with Crippen molar-refractivity contribution >= 4 is 5.91 Å². The molecule has 0 saturated heterocycles. The van der Waals surface area contributed by atoms with E-state index in [0.717, 1.165) is 12.5 Å². The topological polar surface area (TPSA) is 55.1 Å². The molecule has 3 nitrogen and oxygen atoms in total. The van der Waals surface area contributed by atoms with Gasteiger partial charge in [-0.3, -0.25) is 4.79 Å². The SMILES string of the molecule is CC(C)(NCC1CCCCCC1)C(N)=O. The average molecular weight is 212 g/mol. The number of hydrogen-bond acceptors (Lipinski definition) is 2. The van der Waals surface area contributed by atoms with Gasteiger partial charge in [0.05, 0.1) is 5.54 Å². The second kappa shape index (κ2) is 5.50. The Kier molecular flexibility index (Phi) is 4.58. The molecule has 0 aromatic heterocycles. The Labute approximate surface area is 92.8 Å². The molecule has 1 amide bonds. The van der Waals surface area contributed by atoms with Crippen molar-refractivity contribution in [3.05, 3.63) is 0 Å². The first kappa shape index (κ1) is 12.5. The first-order valence-corrected chi connectivity index (χ1v) is 6.07. The summed E-state index contributed by atoms with van der Waals surface area (Å²) in [4.78, 5) is 11.1. The molecule has 0 bridgehead atoms. The largest absolute Gasteiger partial charge is 0.368 e. The fourth-order valence-corrected chi connectivity index (χ4v) is 2.05. The van der Waals surface area contributed by atoms with Gasteiger partial charge in [0, 0.05) is 0 Å². The Bertz CT molecular complexity index is 206. The third kappa shape index (κ3) is 4.20. The summed E-state index contributed by atoms with van der Waals surface area (Å²) >= 11 is 0. The van der Waals surface area contributed by atoms with Crippen LogP contribution in [0.1, 0.15) is 52.4 Å². The number of carbonyl (C=O) groups is 1. The fraction of sp³-hybridized carbons (Fsp3) is 0.917. The summed E-state index contributed by atoms with van der Waals surface area (Å²) in [5, 5.41) is 3.28. The van der Waals surface area contributed by atoms with E-state index >= 15 is 0 Å². The number of hydrogen-bond donors (Lipinski definition) is 2. The standard InChI is InChI=1S/C12H24N2O/c1-12(2,11(13)15)14-9-10-7-5-3-4-6-8-10/h10,14H,3-9H2,1-2H3,(H2,13,15). The van der Waals surface area contributed by atoms with E-state index in [1.165, 1.54) is 38.5 Å². The van der Waals surface area contributed by atoms with Gasteiger partial charge in [-0.25, -0.2) is 0 Å². The lowest BCUT2D eigenvalue weighted by atomic mass is 9.97. The zero-order valence-electron chi connectivity index (χ0n) is 10.0. The van der Waals surface area contributed by atoms with E-state index in [0.29, 0.717) is 0 Å². The van der Waals surface area contributed by atoms with Gasteiger partial charge >= 0.3 is 0 Å². The first-order chi connectivity index (χ1) is 7.02. The molecule has 3 heteroatoms. The Morgan fingerprint density at radius 2 is 1.80 bits per heavy atom. The van der Waals surface area contributed by atoms with Crippen molar-refractivity contribution in [2.45, 2.75) is 57.9 Å². The van der Waals surface area contributed by atoms with Gasteiger partial charge in [0.15, 0.2) is 0 Å². The smallest absolute Gasteiger partial charge is 0.237 e. The molecule has 0 radical (unpaired) electrons. The highest BCUT2D eigenvalue weighted by Gasteiger charge is 2.25. The van der Waals surface area contributed by atoms with Crippen molar-refractivity contribution in [2.75, 3.05) is 6.54 Å². The number of nitrogens with two attached hydrogens (primary N) is 1. The molecule has 0 unspecified atom stereocenters. The molecular formula is C12H24N2O. The maximum Gasteiger partial charge on any atom is 0.237 e. The second-order valence-electron chi connectivity index (χ2n) is 5.23. The van der Waals surface area contributed by atoms with E-state index in [4.69, 9.17) is 5.73 Å². The highest BCUT2D eigenvalue weighted by Crippen LogP contribution is 2.22. The molecule has 1 saturated carbocycles. The number of amides is 1. The first-order valence-electron chi connectivity index (χ1n) is 6.07. The lowest BCUT2D eigenvalue weighted by molar-refractivity contribution is -0.123. The monoisotopic (exact) mass is 212 g/mol. The quantitative estimate of drug-likeness (QED) is 0.698. The molecule has 0 aromatic carbocycles. The normalized spacial score (nSPS) is 19.9. The molecule has 0 atom stereocenters. The summed E-state index contributed by atoms with van der Waals surface area (Å²) in [6.07, 6.45) is 8.00. The molecule has 88 valence electrons. The maximum absolute atomic E-state index is 11.1. The minimum Gasteiger partial charge on any atom is -0.368 e. The summed E-state index contributed by atoms with van der Waals surface area (Å²) in [5.41, 5.74) is 4.75. The van der Waals surface area contributed by atoms with Gasteiger partial charge in [0.25, 0.3) is 0 Å². The summed E-state index contributed by atoms with van der Waals surface area (Å²) in [5.74, 6) is 0.460. The molecule has 15 heavy (non-hydrogen) atoms. The second-order valence-corrected chi connectivity index (χ2v) is 5.23. The lowest BCUT2D eigenvalue weighted by Crippen LogP contribution is -2.51. The van der Waals surface area contributed by atoms with Crippen LogP contribution in [0.15, 0.2) is 0 Å². The molecule has 0 spiro atoms. The predicted molar refractivity (Wildman–Crippen MR) is 62.5 cm³/mol. The van der Waals surface area contributed by atoms with Crippen molar-refractivity contribution in [1.29, 1.82) is 0 Å². The van der Waals surface area contributed by atoms with Gasteiger partial charge in [0.2, 0.25) is 5.91 Å². The van der Waals surface area contributed by atoms with E-state index in [1.807, 2.05) is 13.8 Å². The zero-order chi connectivity index (χ0) is 11.3. The third-order valence-corrected chi connectivity index (χ3v) is 3.42. The van der Waals surface area contributed by atoms with Gasteiger partial charge in [-0.05, 0) is 39.2 Å². The van der Waals surface area contributed by atoms with Gasteiger partial charge < -0.3 is 11.1 Å². The van der Waals surface area contributed by atoms with E-state index in [2.05, 4.69) is 5.32 Å². The van der Waals surface area contributed by atoms with Gasteiger partial charge in [-0.15, -0.1) is 0 Å². The minimum atomic E-state index is -0.563. The van der Waals surface area contributed by atoms with Crippen LogP contribution in [0.5, 0.6) is 0 Å². The van der Waals surface area contributed by atoms with Crippen LogP contribution in [0, 0.1) is 5.92 Å². The fourth-order valence-electron chi connectivity index (χ4n) is 2.05. The van der Waals surface area contributed by atoms with Crippen LogP contribution in [0.4, 0.5) is 0 Å². The predicted octanol–water partition coefficient (Wildman–Crippen LogP) is 1.81. The number of nitrogens with one attached hydrogen (secondary N) is 1. The molecule has 0 heterocycles. The number of primary amides is 1. The molecule has 1 fully saturated rings. The van der Waals surface area contributed by atoms with Crippen molar-refractivity contribution in [2.24, 2.45) is 11.7 Å². The van der Waals surface area contributed by atoms with Crippen molar-refractivity contribution in [1.82, 2.24) is 5.32 Å². The van der Waals surface area contributed by atoms with Crippen LogP contribution in [0.2, 0.25) is 0 Å². The molecule has 1 rings (SSSR count).